The van der Waals surface area contributed by atoms with E-state index in [4.69, 9.17) is 5.73 Å². The lowest BCUT2D eigenvalue weighted by Gasteiger charge is -2.26. The summed E-state index contributed by atoms with van der Waals surface area (Å²) in [5, 5.41) is 4.25. The second-order valence-electron chi connectivity index (χ2n) is 8.46. The first-order chi connectivity index (χ1) is 15.3. The highest BCUT2D eigenvalue weighted by Crippen LogP contribution is 2.35. The summed E-state index contributed by atoms with van der Waals surface area (Å²) in [6, 6.07) is 14.1. The van der Waals surface area contributed by atoms with Crippen molar-refractivity contribution in [3.8, 4) is 11.1 Å². The van der Waals surface area contributed by atoms with Gasteiger partial charge in [-0.3, -0.25) is 9.59 Å². The molecule has 2 amide bonds. The molecule has 2 aromatic carbocycles. The zero-order chi connectivity index (χ0) is 22.9. The third-order valence-corrected chi connectivity index (χ3v) is 6.12. The summed E-state index contributed by atoms with van der Waals surface area (Å²) >= 11 is 0. The number of hydrogen-bond acceptors (Lipinski definition) is 4. The van der Waals surface area contributed by atoms with E-state index in [0.29, 0.717) is 31.0 Å². The van der Waals surface area contributed by atoms with Crippen LogP contribution in [-0.2, 0) is 22.6 Å². The van der Waals surface area contributed by atoms with E-state index in [9.17, 15) is 14.0 Å². The molecule has 32 heavy (non-hydrogen) atoms. The van der Waals surface area contributed by atoms with Crippen LogP contribution in [0.2, 0.25) is 0 Å². The number of aromatic nitrogens is 3. The molecule has 1 aliphatic rings. The Morgan fingerprint density at radius 1 is 1.12 bits per heavy atom. The smallest absolute Gasteiger partial charge is 0.244 e. The van der Waals surface area contributed by atoms with E-state index in [2.05, 4.69) is 10.1 Å². The molecule has 0 bridgehead atoms. The van der Waals surface area contributed by atoms with Gasteiger partial charge >= 0.3 is 0 Å². The first-order valence-electron chi connectivity index (χ1n) is 10.6. The number of halogens is 1. The summed E-state index contributed by atoms with van der Waals surface area (Å²) < 4.78 is 14.8. The highest BCUT2D eigenvalue weighted by molar-refractivity contribution is 5.84. The van der Waals surface area contributed by atoms with Crippen molar-refractivity contribution in [2.45, 2.75) is 33.2 Å². The van der Waals surface area contributed by atoms with Gasteiger partial charge in [0.05, 0.1) is 5.41 Å². The maximum absolute atomic E-state index is 13.3. The van der Waals surface area contributed by atoms with E-state index in [-0.39, 0.29) is 24.8 Å². The molecular weight excluding hydrogens is 409 g/mol. The molecule has 1 unspecified atom stereocenters. The van der Waals surface area contributed by atoms with Gasteiger partial charge in [-0.05, 0) is 55.5 Å². The summed E-state index contributed by atoms with van der Waals surface area (Å²) in [6.45, 7) is 4.41. The van der Waals surface area contributed by atoms with Crippen molar-refractivity contribution in [1.82, 2.24) is 19.7 Å². The number of likely N-dealkylation sites (tertiary alicyclic amines) is 1. The molecule has 1 saturated heterocycles. The summed E-state index contributed by atoms with van der Waals surface area (Å²) in [6.07, 6.45) is 0.937. The van der Waals surface area contributed by atoms with Crippen LogP contribution in [0.3, 0.4) is 0 Å². The van der Waals surface area contributed by atoms with Gasteiger partial charge in [0.1, 0.15) is 24.0 Å². The number of primary amides is 1. The number of aryl methyl sites for hydroxylation is 2. The minimum Gasteiger partial charge on any atom is -0.369 e. The van der Waals surface area contributed by atoms with Gasteiger partial charge in [-0.15, -0.1) is 0 Å². The Bertz CT molecular complexity index is 1160. The normalized spacial score (nSPS) is 18.2. The molecular formula is C24H26FN5O2. The summed E-state index contributed by atoms with van der Waals surface area (Å²) in [7, 11) is 0. The Hall–Kier alpha value is -3.55. The molecule has 4 rings (SSSR count). The number of carbonyl (C=O) groups excluding carboxylic acids is 2. The number of amides is 2. The van der Waals surface area contributed by atoms with Crippen molar-refractivity contribution in [2.75, 3.05) is 13.1 Å². The number of rotatable bonds is 6. The molecule has 1 aromatic heterocycles. The van der Waals surface area contributed by atoms with E-state index in [0.717, 1.165) is 16.7 Å². The summed E-state index contributed by atoms with van der Waals surface area (Å²) in [5.41, 5.74) is 7.79. The van der Waals surface area contributed by atoms with Crippen molar-refractivity contribution < 1.29 is 14.0 Å². The van der Waals surface area contributed by atoms with Gasteiger partial charge in [-0.1, -0.05) is 36.4 Å². The Labute approximate surface area is 186 Å². The van der Waals surface area contributed by atoms with Gasteiger partial charge < -0.3 is 10.6 Å². The number of benzene rings is 2. The molecule has 0 radical (unpaired) electrons. The van der Waals surface area contributed by atoms with Crippen LogP contribution in [0.25, 0.3) is 11.1 Å². The van der Waals surface area contributed by atoms with Crippen molar-refractivity contribution >= 4 is 11.8 Å². The number of nitrogens with zero attached hydrogens (tertiary/aromatic N) is 4. The van der Waals surface area contributed by atoms with E-state index in [1.54, 1.807) is 35.6 Å². The van der Waals surface area contributed by atoms with Crippen LogP contribution in [0.4, 0.5) is 4.39 Å². The zero-order valence-corrected chi connectivity index (χ0v) is 18.2. The third-order valence-electron chi connectivity index (χ3n) is 6.12. The standard InChI is InChI=1S/C24H26FN5O2/c1-16-27-17(2)30(28-16)14-22(31)29-11-10-24(15-29,23(26)32)13-18-4-3-5-20(12-18)19-6-8-21(25)9-7-19/h3-9,12H,10-11,13-15H2,1-2H3,(H2,26,32). The summed E-state index contributed by atoms with van der Waals surface area (Å²) in [5.74, 6) is 0.483. The number of hydrogen-bond donors (Lipinski definition) is 1. The topological polar surface area (TPSA) is 94.1 Å². The molecule has 2 heterocycles. The fourth-order valence-electron chi connectivity index (χ4n) is 4.35. The average molecular weight is 436 g/mol. The highest BCUT2D eigenvalue weighted by Gasteiger charge is 2.44. The monoisotopic (exact) mass is 435 g/mol. The minimum absolute atomic E-state index is 0.0849. The molecule has 0 aliphatic carbocycles. The van der Waals surface area contributed by atoms with Gasteiger partial charge in [0.15, 0.2) is 0 Å². The van der Waals surface area contributed by atoms with Crippen LogP contribution in [-0.4, -0.2) is 44.6 Å². The molecule has 1 atom stereocenters. The highest BCUT2D eigenvalue weighted by atomic mass is 19.1. The minimum atomic E-state index is -0.829. The Kier molecular flexibility index (Phi) is 5.78. The second kappa shape index (κ2) is 8.53. The van der Waals surface area contributed by atoms with Gasteiger partial charge in [0, 0.05) is 13.1 Å². The quantitative estimate of drug-likeness (QED) is 0.644. The fourth-order valence-corrected chi connectivity index (χ4v) is 4.35. The molecule has 8 heteroatoms. The Balaban J connectivity index is 1.51. The molecule has 1 fully saturated rings. The van der Waals surface area contributed by atoms with Crippen LogP contribution in [0.5, 0.6) is 0 Å². The summed E-state index contributed by atoms with van der Waals surface area (Å²) in [4.78, 5) is 31.3. The number of nitrogens with two attached hydrogens (primary N) is 1. The maximum atomic E-state index is 13.3. The molecule has 3 aromatic rings. The SMILES string of the molecule is Cc1nc(C)n(CC(=O)N2CCC(Cc3cccc(-c4ccc(F)cc4)c3)(C(N)=O)C2)n1. The maximum Gasteiger partial charge on any atom is 0.244 e. The lowest BCUT2D eigenvalue weighted by atomic mass is 9.79. The van der Waals surface area contributed by atoms with Crippen LogP contribution in [0, 0.1) is 25.1 Å². The van der Waals surface area contributed by atoms with Gasteiger partial charge in [0.2, 0.25) is 11.8 Å². The predicted octanol–water partition coefficient (Wildman–Crippen LogP) is 2.65. The third kappa shape index (κ3) is 4.39. The van der Waals surface area contributed by atoms with E-state index in [1.165, 1.54) is 12.1 Å². The molecule has 0 saturated carbocycles. The molecule has 1 aliphatic heterocycles. The molecule has 166 valence electrons. The van der Waals surface area contributed by atoms with Gasteiger partial charge in [0.25, 0.3) is 0 Å². The lowest BCUT2D eigenvalue weighted by Crippen LogP contribution is -2.43. The van der Waals surface area contributed by atoms with E-state index >= 15 is 0 Å². The first kappa shape index (κ1) is 21.7. The van der Waals surface area contributed by atoms with Crippen LogP contribution < -0.4 is 5.73 Å². The van der Waals surface area contributed by atoms with Gasteiger partial charge in [-0.25, -0.2) is 14.1 Å². The van der Waals surface area contributed by atoms with Crippen LogP contribution >= 0.6 is 0 Å². The Morgan fingerprint density at radius 3 is 2.53 bits per heavy atom. The van der Waals surface area contributed by atoms with Gasteiger partial charge in [-0.2, -0.15) is 5.10 Å². The second-order valence-corrected chi connectivity index (χ2v) is 8.46. The zero-order valence-electron chi connectivity index (χ0n) is 18.2. The molecule has 7 nitrogen and oxygen atoms in total. The van der Waals surface area contributed by atoms with Crippen molar-refractivity contribution in [3.63, 3.8) is 0 Å². The average Bonchev–Trinajstić information content (AvgIpc) is 3.32. The molecule has 0 spiro atoms. The van der Waals surface area contributed by atoms with Crippen LogP contribution in [0.1, 0.15) is 23.6 Å². The van der Waals surface area contributed by atoms with E-state index < -0.39 is 11.3 Å². The predicted molar refractivity (Wildman–Crippen MR) is 118 cm³/mol. The Morgan fingerprint density at radius 2 is 1.88 bits per heavy atom. The molecule has 2 N–H and O–H groups in total. The largest absolute Gasteiger partial charge is 0.369 e. The first-order valence-corrected chi connectivity index (χ1v) is 10.6. The fraction of sp³-hybridized carbons (Fsp3) is 0.333. The van der Waals surface area contributed by atoms with Crippen molar-refractivity contribution in [1.29, 1.82) is 0 Å². The lowest BCUT2D eigenvalue weighted by molar-refractivity contribution is -0.132. The van der Waals surface area contributed by atoms with Crippen LogP contribution in [0.15, 0.2) is 48.5 Å². The van der Waals surface area contributed by atoms with Crippen molar-refractivity contribution in [2.24, 2.45) is 11.1 Å². The number of carbonyl (C=O) groups is 2. The van der Waals surface area contributed by atoms with Crippen molar-refractivity contribution in [3.05, 3.63) is 71.6 Å². The van der Waals surface area contributed by atoms with E-state index in [1.807, 2.05) is 24.3 Å².